The fourth-order valence-electron chi connectivity index (χ4n) is 10.9. The zero-order valence-electron chi connectivity index (χ0n) is 51.9. The Balaban J connectivity index is 0.00000101. The first-order valence-corrected chi connectivity index (χ1v) is 31.5. The monoisotopic (exact) mass is 1330 g/mol. The number of thiol groups is 1. The van der Waals surface area contributed by atoms with Gasteiger partial charge in [-0.1, -0.05) is 23.4 Å². The third kappa shape index (κ3) is 25.3. The maximum atomic E-state index is 11.8. The van der Waals surface area contributed by atoms with Crippen LogP contribution in [-0.4, -0.2) is 201 Å². The van der Waals surface area contributed by atoms with E-state index in [-0.39, 0.29) is 116 Å². The van der Waals surface area contributed by atoms with Gasteiger partial charge >= 0.3 is 60.4 Å². The van der Waals surface area contributed by atoms with Gasteiger partial charge in [0, 0.05) is 44.3 Å². The Bertz CT molecular complexity index is 2610. The second-order valence-corrected chi connectivity index (χ2v) is 21.4. The Morgan fingerprint density at radius 3 is 1.65 bits per heavy atom. The van der Waals surface area contributed by atoms with Gasteiger partial charge in [-0.2, -0.15) is 12.6 Å². The van der Waals surface area contributed by atoms with Gasteiger partial charge in [0.05, 0.1) is 75.1 Å². The average molecular weight is 1330 g/mol. The number of esters is 5. The number of aromatic nitrogens is 4. The molecule has 30 heteroatoms. The van der Waals surface area contributed by atoms with Crippen LogP contribution in [0.4, 0.5) is 0 Å². The number of ether oxygens (including phenoxy) is 5. The van der Waals surface area contributed by atoms with E-state index in [9.17, 15) is 47.9 Å². The van der Waals surface area contributed by atoms with Crippen LogP contribution in [0, 0.1) is 10.7 Å². The molecule has 0 saturated carbocycles. The minimum Gasteiger partial charge on any atom is -1.00 e. The van der Waals surface area contributed by atoms with E-state index in [0.717, 1.165) is 120 Å². The minimum absolute atomic E-state index is 0. The second kappa shape index (κ2) is 43.5. The summed E-state index contributed by atoms with van der Waals surface area (Å²) in [5.41, 5.74) is 2.89. The number of fused-ring (bicyclic) bond motifs is 7. The van der Waals surface area contributed by atoms with Crippen LogP contribution in [-0.2, 0) is 70.3 Å². The molecule has 484 valence electrons. The quantitative estimate of drug-likeness (QED) is 0.0271. The number of hydrogen-bond acceptors (Lipinski definition) is 22. The van der Waals surface area contributed by atoms with Gasteiger partial charge < -0.3 is 45.5 Å². The Morgan fingerprint density at radius 1 is 0.674 bits per heavy atom. The molecule has 0 aromatic carbocycles. The molecule has 2 aromatic rings. The first-order chi connectivity index (χ1) is 40.8. The van der Waals surface area contributed by atoms with Crippen molar-refractivity contribution in [1.29, 1.82) is 0 Å². The number of halogens is 2. The summed E-state index contributed by atoms with van der Waals surface area (Å²) in [6.45, 7) is 18.6. The van der Waals surface area contributed by atoms with E-state index in [1.54, 1.807) is 27.7 Å². The summed E-state index contributed by atoms with van der Waals surface area (Å²) in [7, 11) is 0. The molecule has 6 unspecified atom stereocenters. The number of Topliss-reactive ketones (excluding diaryl/α,β-unsaturated/α-hetero) is 1. The molecule has 6 atom stereocenters. The summed E-state index contributed by atoms with van der Waals surface area (Å²) < 4.78 is 30.7. The molecule has 25 nitrogen and oxygen atoms in total. The summed E-state index contributed by atoms with van der Waals surface area (Å²) in [5.74, 6) is -2.68. The molecule has 6 saturated heterocycles. The van der Waals surface area contributed by atoms with Crippen LogP contribution in [0.1, 0.15) is 156 Å². The molecule has 6 N–H and O–H groups in total. The molecule has 8 aliphatic rings. The van der Waals surface area contributed by atoms with Crippen molar-refractivity contribution >= 4 is 94.0 Å². The molecule has 0 spiro atoms. The summed E-state index contributed by atoms with van der Waals surface area (Å²) in [6.07, 6.45) is 11.4. The summed E-state index contributed by atoms with van der Waals surface area (Å²) >= 11 is 16.3. The fourth-order valence-corrected chi connectivity index (χ4v) is 11.4. The number of carboxylic acid groups (broad SMARTS) is 1. The van der Waals surface area contributed by atoms with Crippen molar-refractivity contribution < 1.29 is 84.0 Å². The van der Waals surface area contributed by atoms with Crippen LogP contribution in [0.5, 0.6) is 0 Å². The van der Waals surface area contributed by atoms with Crippen LogP contribution >= 0.6 is 52.4 Å². The van der Waals surface area contributed by atoms with Crippen molar-refractivity contribution in [2.75, 3.05) is 96.3 Å². The number of hydrogen-bond donors (Lipinski definition) is 7. The Hall–Kier alpha value is -4.21. The first-order valence-electron chi connectivity index (χ1n) is 29.5. The number of nitrogens with one attached hydrogen (secondary N) is 5. The van der Waals surface area contributed by atoms with Crippen molar-refractivity contribution in [3.05, 3.63) is 58.5 Å². The zero-order valence-corrected chi connectivity index (χ0v) is 54.0. The smallest absolute Gasteiger partial charge is 1.00 e. The number of nitrogens with zero attached hydrogens (tertiary/aromatic N) is 4. The van der Waals surface area contributed by atoms with Gasteiger partial charge in [-0.15, -0.1) is 11.6 Å². The largest absolute Gasteiger partial charge is 1.00 e. The van der Waals surface area contributed by atoms with Crippen LogP contribution in [0.3, 0.4) is 0 Å². The number of H-pyrrole nitrogens is 4. The zero-order chi connectivity index (χ0) is 63.0. The van der Waals surface area contributed by atoms with E-state index in [2.05, 4.69) is 73.2 Å². The first kappa shape index (κ1) is 77.9. The fraction of sp³-hybridized carbons (Fsp3) is 0.732. The van der Waals surface area contributed by atoms with Crippen molar-refractivity contribution in [2.24, 2.45) is 5.92 Å². The van der Waals surface area contributed by atoms with Gasteiger partial charge in [-0.05, 0) is 150 Å². The summed E-state index contributed by atoms with van der Waals surface area (Å²) in [4.78, 5) is 130. The standard InChI is InChI=1S/C12H21NO4.C10H15NO3.C9H11N3O2.C9H11N3OS.C7H13NO2.C5H9BrO2.C2H3ClO2.CH4S.CH4.Li.H/c1-3-16-11(14)7-9-13-8-5-6-10(13)12(15)17-4-2;1-2-14-10(13)7-6-11-5-3-4-8(11)9(7)12;2*13-8-5-4-12-3-1-2-6(12)7(5)10-9(14)11-8;1-2-10-7(9)6-4-3-5-8-6;1-2-8-5(7)3-4-6;3-1-2(4)5;1-2;;;/h10H,3-9H2,1-2H3;7-8H,2-6H2,1H3;2*6H,1-4H2,(H2,10,11,13,14);6,8H,2-5H2,1H3;2-4H2,1H3;1H2,(H,4,5);2H,1H3;1H4;;/q;;;;;;;;;+1;-1/i;;;;;;;1D;;;. The summed E-state index contributed by atoms with van der Waals surface area (Å²) in [6, 6.07) is 0.489. The molecule has 0 radical (unpaired) electrons. The molecule has 10 heterocycles. The van der Waals surface area contributed by atoms with Gasteiger partial charge in [0.15, 0.2) is 10.6 Å². The van der Waals surface area contributed by atoms with Crippen LogP contribution < -0.4 is 41.0 Å². The molecule has 0 amide bonds. The number of aliphatic carboxylic acids is 1. The van der Waals surface area contributed by atoms with Crippen LogP contribution in [0.2, 0.25) is 0 Å². The van der Waals surface area contributed by atoms with E-state index in [1.165, 1.54) is 6.42 Å². The maximum absolute atomic E-state index is 11.8. The van der Waals surface area contributed by atoms with E-state index in [4.69, 9.17) is 49.2 Å². The van der Waals surface area contributed by atoms with Gasteiger partial charge in [0.1, 0.15) is 23.9 Å². The van der Waals surface area contributed by atoms with Crippen molar-refractivity contribution in [3.8, 4) is 0 Å². The van der Waals surface area contributed by atoms with Gasteiger partial charge in [0.2, 0.25) is 0 Å². The van der Waals surface area contributed by atoms with Gasteiger partial charge in [0.25, 0.3) is 11.1 Å². The number of rotatable bonds is 14. The molecule has 2 aromatic heterocycles. The number of aromatic amines is 4. The van der Waals surface area contributed by atoms with E-state index in [0.29, 0.717) is 81.7 Å². The van der Waals surface area contributed by atoms with Crippen LogP contribution in [0.15, 0.2) is 14.4 Å². The number of ketones is 1. The minimum atomic E-state index is -0.980. The number of likely N-dealkylation sites (tertiary alicyclic amines) is 1. The average Bonchev–Trinajstić information content (AvgIpc) is 2.39. The Labute approximate surface area is 542 Å². The number of carbonyl (C=O) groups excluding carboxylic acids is 6. The molecule has 0 bridgehead atoms. The molecule has 8 aliphatic heterocycles. The van der Waals surface area contributed by atoms with Gasteiger partial charge in [-0.3, -0.25) is 72.7 Å². The predicted molar refractivity (Wildman–Crippen MR) is 331 cm³/mol. The Kier molecular flexibility index (Phi) is 39.4. The van der Waals surface area contributed by atoms with Crippen molar-refractivity contribution in [2.45, 2.75) is 162 Å². The topological polar surface area (TPSA) is 325 Å². The third-order valence-electron chi connectivity index (χ3n) is 14.5. The molecule has 6 fully saturated rings. The number of carboxylic acids is 1. The number of carbonyl (C=O) groups is 7. The SMILES string of the molecule is C.CCOC(=O)C1CCCN1.CCOC(=O)C1CN2CCCC2C1=O.CCOC(=O)CCBr.CCOC(=O)CCN1CCCC1C(=O)OCC.O=C(O)CCl.O=c1[nH]c(=S)[nH]c2c1CN1CCCC21.O=c1[nH]c2c(c(=O)[nH]1)CN1CCCC21.[2H]CS.[H-].[Li+]. The normalized spacial score (nSPS) is 21.7. The third-order valence-corrected chi connectivity index (χ3v) is 15.3. The molecule has 0 aliphatic carbocycles. The Morgan fingerprint density at radius 2 is 1.15 bits per heavy atom. The molecular weight excluding hydrogens is 1240 g/mol. The maximum Gasteiger partial charge on any atom is 1.00 e. The molecule has 10 rings (SSSR count). The van der Waals surface area contributed by atoms with E-state index in [1.807, 2.05) is 11.8 Å². The second-order valence-electron chi connectivity index (χ2n) is 19.9. The van der Waals surface area contributed by atoms with E-state index < -0.39 is 11.9 Å². The predicted octanol–water partition coefficient (Wildman–Crippen LogP) is 2.22. The number of alkyl halides is 2. The van der Waals surface area contributed by atoms with E-state index >= 15 is 0 Å². The molecule has 86 heavy (non-hydrogen) atoms. The van der Waals surface area contributed by atoms with Crippen molar-refractivity contribution in [1.82, 2.24) is 44.9 Å². The van der Waals surface area contributed by atoms with Crippen LogP contribution in [0.25, 0.3) is 0 Å². The summed E-state index contributed by atoms with van der Waals surface area (Å²) in [5, 5.41) is 11.3. The van der Waals surface area contributed by atoms with Gasteiger partial charge in [-0.25, -0.2) is 4.79 Å². The van der Waals surface area contributed by atoms with Crippen molar-refractivity contribution in [3.63, 3.8) is 0 Å². The molecular formula is C56H92BrClLiN9O16S2.